The van der Waals surface area contributed by atoms with Gasteiger partial charge in [0, 0.05) is 30.9 Å². The molecule has 0 amide bonds. The van der Waals surface area contributed by atoms with E-state index in [0.29, 0.717) is 53.0 Å². The Bertz CT molecular complexity index is 1440. The van der Waals surface area contributed by atoms with Gasteiger partial charge in [-0.15, -0.1) is 0 Å². The molecule has 1 aliphatic rings. The summed E-state index contributed by atoms with van der Waals surface area (Å²) in [5.41, 5.74) is 2.82. The summed E-state index contributed by atoms with van der Waals surface area (Å²) in [5, 5.41) is 0.550. The molecule has 8 nitrogen and oxygen atoms in total. The van der Waals surface area contributed by atoms with E-state index in [1.54, 1.807) is 30.9 Å². The van der Waals surface area contributed by atoms with E-state index in [1.165, 1.54) is 0 Å². The molecule has 1 fully saturated rings. The lowest BCUT2D eigenvalue weighted by molar-refractivity contribution is 0.122. The molecule has 8 heteroatoms. The van der Waals surface area contributed by atoms with E-state index in [4.69, 9.17) is 19.2 Å². The van der Waals surface area contributed by atoms with Gasteiger partial charge in [0.1, 0.15) is 11.6 Å². The molecule has 0 atom stereocenters. The largest absolute Gasteiger partial charge is 0.497 e. The molecule has 1 aliphatic heterocycles. The fourth-order valence-corrected chi connectivity index (χ4v) is 4.12. The zero-order valence-corrected chi connectivity index (χ0v) is 19.7. The van der Waals surface area contributed by atoms with Gasteiger partial charge in [0.2, 0.25) is 5.88 Å². The second kappa shape index (κ2) is 9.99. The number of benzene rings is 2. The molecule has 1 saturated heterocycles. The zero-order valence-electron chi connectivity index (χ0n) is 19.7. The smallest absolute Gasteiger partial charge is 0.266 e. The Morgan fingerprint density at radius 2 is 1.71 bits per heavy atom. The molecule has 0 radical (unpaired) electrons. The van der Waals surface area contributed by atoms with Crippen LogP contribution in [-0.2, 0) is 4.74 Å². The third-order valence-electron chi connectivity index (χ3n) is 5.92. The van der Waals surface area contributed by atoms with Crippen LogP contribution in [0.5, 0.6) is 11.6 Å². The number of nitrogens with zero attached hydrogens (tertiary/aromatic N) is 4. The number of anilines is 1. The Kier molecular flexibility index (Phi) is 6.45. The van der Waals surface area contributed by atoms with Gasteiger partial charge in [-0.05, 0) is 48.6 Å². The van der Waals surface area contributed by atoms with Crippen molar-refractivity contribution in [2.45, 2.75) is 0 Å². The van der Waals surface area contributed by atoms with Gasteiger partial charge < -0.3 is 19.1 Å². The molecule has 0 aliphatic carbocycles. The van der Waals surface area contributed by atoms with Crippen LogP contribution < -0.4 is 19.9 Å². The first kappa shape index (κ1) is 22.6. The van der Waals surface area contributed by atoms with Crippen LogP contribution in [0.4, 0.5) is 5.69 Å². The van der Waals surface area contributed by atoms with Crippen molar-refractivity contribution >= 4 is 28.7 Å². The number of ether oxygens (including phenoxy) is 3. The predicted molar refractivity (Wildman–Crippen MR) is 137 cm³/mol. The summed E-state index contributed by atoms with van der Waals surface area (Å²) in [4.78, 5) is 25.4. The number of morpholine rings is 1. The van der Waals surface area contributed by atoms with Crippen LogP contribution in [0, 0.1) is 0 Å². The molecule has 0 N–H and O–H groups in total. The number of pyridine rings is 1. The van der Waals surface area contributed by atoms with Crippen LogP contribution in [-0.4, -0.2) is 55.1 Å². The second-order valence-corrected chi connectivity index (χ2v) is 8.05. The lowest BCUT2D eigenvalue weighted by Crippen LogP contribution is -2.36. The summed E-state index contributed by atoms with van der Waals surface area (Å²) in [5.74, 6) is 1.65. The van der Waals surface area contributed by atoms with Crippen molar-refractivity contribution in [3.63, 3.8) is 0 Å². The Labute approximate surface area is 203 Å². The number of methoxy groups -OCH3 is 2. The number of hydrogen-bond acceptors (Lipinski definition) is 7. The number of rotatable bonds is 6. The molecular formula is C27H26N4O4. The Hall–Kier alpha value is -4.17. The summed E-state index contributed by atoms with van der Waals surface area (Å²) in [6, 6.07) is 18.7. The minimum Gasteiger partial charge on any atom is -0.497 e. The molecule has 35 heavy (non-hydrogen) atoms. The topological polar surface area (TPSA) is 78.7 Å². The van der Waals surface area contributed by atoms with Crippen molar-refractivity contribution in [2.24, 2.45) is 0 Å². The van der Waals surface area contributed by atoms with Gasteiger partial charge in [-0.1, -0.05) is 12.1 Å². The van der Waals surface area contributed by atoms with E-state index >= 15 is 0 Å². The summed E-state index contributed by atoms with van der Waals surface area (Å²) < 4.78 is 17.7. The Morgan fingerprint density at radius 3 is 2.51 bits per heavy atom. The van der Waals surface area contributed by atoms with E-state index in [-0.39, 0.29) is 5.56 Å². The van der Waals surface area contributed by atoms with Gasteiger partial charge in [-0.25, -0.2) is 9.97 Å². The molecule has 178 valence electrons. The first-order valence-corrected chi connectivity index (χ1v) is 11.4. The van der Waals surface area contributed by atoms with E-state index in [1.807, 2.05) is 60.7 Å². The van der Waals surface area contributed by atoms with Crippen molar-refractivity contribution < 1.29 is 14.2 Å². The monoisotopic (exact) mass is 470 g/mol. The van der Waals surface area contributed by atoms with E-state index in [2.05, 4.69) is 9.88 Å². The average Bonchev–Trinajstić information content (AvgIpc) is 2.92. The molecular weight excluding hydrogens is 444 g/mol. The van der Waals surface area contributed by atoms with Crippen molar-refractivity contribution in [3.8, 4) is 17.3 Å². The van der Waals surface area contributed by atoms with Crippen LogP contribution in [0.2, 0.25) is 0 Å². The Morgan fingerprint density at radius 1 is 0.886 bits per heavy atom. The SMILES string of the molecule is COc1cccc(-n2c(/C=C/c3cccc(OC)n3)nc3ccc(N4CCOCC4)cc3c2=O)c1. The lowest BCUT2D eigenvalue weighted by Gasteiger charge is -2.29. The van der Waals surface area contributed by atoms with Crippen molar-refractivity contribution in [1.29, 1.82) is 0 Å². The minimum absolute atomic E-state index is 0.156. The molecule has 4 aromatic rings. The van der Waals surface area contributed by atoms with E-state index in [0.717, 1.165) is 18.8 Å². The number of aromatic nitrogens is 3. The third kappa shape index (κ3) is 4.74. The van der Waals surface area contributed by atoms with Crippen molar-refractivity contribution in [1.82, 2.24) is 14.5 Å². The van der Waals surface area contributed by atoms with E-state index in [9.17, 15) is 4.79 Å². The highest BCUT2D eigenvalue weighted by atomic mass is 16.5. The maximum atomic E-state index is 13.9. The first-order chi connectivity index (χ1) is 17.2. The number of fused-ring (bicyclic) bond motifs is 1. The maximum Gasteiger partial charge on any atom is 0.266 e. The van der Waals surface area contributed by atoms with Crippen LogP contribution >= 0.6 is 0 Å². The lowest BCUT2D eigenvalue weighted by atomic mass is 10.1. The predicted octanol–water partition coefficient (Wildman–Crippen LogP) is 3.80. The van der Waals surface area contributed by atoms with Gasteiger partial charge in [-0.3, -0.25) is 9.36 Å². The molecule has 0 spiro atoms. The van der Waals surface area contributed by atoms with Crippen LogP contribution in [0.15, 0.2) is 65.5 Å². The van der Waals surface area contributed by atoms with Gasteiger partial charge in [-0.2, -0.15) is 0 Å². The van der Waals surface area contributed by atoms with Gasteiger partial charge >= 0.3 is 0 Å². The summed E-state index contributed by atoms with van der Waals surface area (Å²) >= 11 is 0. The minimum atomic E-state index is -0.156. The molecule has 5 rings (SSSR count). The maximum absolute atomic E-state index is 13.9. The van der Waals surface area contributed by atoms with Crippen LogP contribution in [0.1, 0.15) is 11.5 Å². The van der Waals surface area contributed by atoms with Crippen molar-refractivity contribution in [2.75, 3.05) is 45.4 Å². The third-order valence-corrected chi connectivity index (χ3v) is 5.92. The standard InChI is InChI=1S/C27H26N4O4/c1-33-22-7-4-6-21(17-22)31-25(12-9-19-5-3-8-26(28-19)34-2)29-24-11-10-20(18-23(24)27(31)32)30-13-15-35-16-14-30/h3-12,17-18H,13-16H2,1-2H3/b12-9+. The summed E-state index contributed by atoms with van der Waals surface area (Å²) in [7, 11) is 3.18. The van der Waals surface area contributed by atoms with E-state index < -0.39 is 0 Å². The second-order valence-electron chi connectivity index (χ2n) is 8.05. The molecule has 2 aromatic heterocycles. The van der Waals surface area contributed by atoms with Gasteiger partial charge in [0.25, 0.3) is 5.56 Å². The molecule has 3 heterocycles. The van der Waals surface area contributed by atoms with Crippen LogP contribution in [0.25, 0.3) is 28.7 Å². The average molecular weight is 471 g/mol. The highest BCUT2D eigenvalue weighted by Gasteiger charge is 2.16. The highest BCUT2D eigenvalue weighted by molar-refractivity contribution is 5.83. The quantitative estimate of drug-likeness (QED) is 0.424. The first-order valence-electron chi connectivity index (χ1n) is 11.4. The van der Waals surface area contributed by atoms with Crippen LogP contribution in [0.3, 0.4) is 0 Å². The Balaban J connectivity index is 1.66. The molecule has 0 saturated carbocycles. The number of hydrogen-bond donors (Lipinski definition) is 0. The fourth-order valence-electron chi connectivity index (χ4n) is 4.12. The summed E-state index contributed by atoms with van der Waals surface area (Å²) in [6.07, 6.45) is 3.60. The molecule has 0 bridgehead atoms. The van der Waals surface area contributed by atoms with Gasteiger partial charge in [0.05, 0.1) is 49.7 Å². The van der Waals surface area contributed by atoms with Crippen molar-refractivity contribution in [3.05, 3.63) is 82.5 Å². The normalized spacial score (nSPS) is 13.9. The van der Waals surface area contributed by atoms with Gasteiger partial charge in [0.15, 0.2) is 0 Å². The summed E-state index contributed by atoms with van der Waals surface area (Å²) in [6.45, 7) is 2.92. The zero-order chi connectivity index (χ0) is 24.2. The fraction of sp³-hybridized carbons (Fsp3) is 0.222. The molecule has 0 unspecified atom stereocenters. The molecule has 2 aromatic carbocycles. The highest BCUT2D eigenvalue weighted by Crippen LogP contribution is 2.23.